The fourth-order valence-electron chi connectivity index (χ4n) is 3.57. The number of piperidine rings is 1. The molecule has 116 valence electrons. The Morgan fingerprint density at radius 1 is 1.14 bits per heavy atom. The van der Waals surface area contributed by atoms with Crippen LogP contribution in [0.2, 0.25) is 0 Å². The molecule has 2 aliphatic heterocycles. The van der Waals surface area contributed by atoms with Crippen LogP contribution in [0.4, 0.5) is 0 Å². The molecule has 4 heteroatoms. The van der Waals surface area contributed by atoms with Gasteiger partial charge in [-0.25, -0.2) is 0 Å². The normalized spacial score (nSPS) is 24.8. The zero-order valence-corrected chi connectivity index (χ0v) is 12.8. The summed E-state index contributed by atoms with van der Waals surface area (Å²) in [4.78, 5) is 17.2. The van der Waals surface area contributed by atoms with Crippen molar-refractivity contribution < 1.29 is 9.21 Å². The van der Waals surface area contributed by atoms with Crippen molar-refractivity contribution in [1.82, 2.24) is 9.80 Å². The summed E-state index contributed by atoms with van der Waals surface area (Å²) in [5.74, 6) is 1.57. The van der Waals surface area contributed by atoms with Crippen molar-refractivity contribution in [1.29, 1.82) is 0 Å². The molecule has 0 spiro atoms. The van der Waals surface area contributed by atoms with E-state index in [9.17, 15) is 4.79 Å². The lowest BCUT2D eigenvalue weighted by Gasteiger charge is -2.34. The molecule has 1 atom stereocenters. The molecule has 0 bridgehead atoms. The van der Waals surface area contributed by atoms with Gasteiger partial charge in [-0.1, -0.05) is 12.8 Å². The minimum Gasteiger partial charge on any atom is -0.468 e. The first-order valence-corrected chi connectivity index (χ1v) is 8.36. The lowest BCUT2D eigenvalue weighted by Crippen LogP contribution is -2.44. The Hall–Kier alpha value is -1.29. The third-order valence-electron chi connectivity index (χ3n) is 4.73. The highest BCUT2D eigenvalue weighted by Crippen LogP contribution is 2.22. The minimum absolute atomic E-state index is 0.187. The summed E-state index contributed by atoms with van der Waals surface area (Å²) in [6, 6.07) is 3.94. The highest BCUT2D eigenvalue weighted by molar-refractivity contribution is 5.79. The third-order valence-corrected chi connectivity index (χ3v) is 4.73. The summed E-state index contributed by atoms with van der Waals surface area (Å²) in [5, 5.41) is 0. The van der Waals surface area contributed by atoms with E-state index in [-0.39, 0.29) is 5.92 Å². The van der Waals surface area contributed by atoms with Crippen LogP contribution in [0.25, 0.3) is 0 Å². The molecule has 0 radical (unpaired) electrons. The van der Waals surface area contributed by atoms with Crippen LogP contribution in [-0.4, -0.2) is 41.9 Å². The Balaban J connectivity index is 1.55. The Morgan fingerprint density at radius 2 is 1.95 bits per heavy atom. The molecule has 0 N–H and O–H groups in total. The van der Waals surface area contributed by atoms with Crippen molar-refractivity contribution in [2.75, 3.05) is 26.2 Å². The van der Waals surface area contributed by atoms with E-state index in [0.717, 1.165) is 51.3 Å². The second-order valence-electron chi connectivity index (χ2n) is 6.39. The largest absolute Gasteiger partial charge is 0.468 e. The van der Waals surface area contributed by atoms with Gasteiger partial charge in [-0.2, -0.15) is 0 Å². The van der Waals surface area contributed by atoms with Crippen LogP contribution >= 0.6 is 0 Å². The lowest BCUT2D eigenvalue weighted by atomic mass is 9.96. The van der Waals surface area contributed by atoms with Crippen LogP contribution in [0.1, 0.15) is 44.3 Å². The molecule has 2 saturated heterocycles. The molecule has 3 rings (SSSR count). The standard InChI is InChI=1S/C17H26N2O2/c20-17(19-10-3-1-2-4-11-19)15-7-5-9-18(13-15)14-16-8-6-12-21-16/h6,8,12,15H,1-5,7,9-11,13-14H2/t15-/m1/s1. The predicted molar refractivity (Wildman–Crippen MR) is 81.8 cm³/mol. The van der Waals surface area contributed by atoms with Gasteiger partial charge in [0.15, 0.2) is 0 Å². The van der Waals surface area contributed by atoms with Gasteiger partial charge in [0.1, 0.15) is 5.76 Å². The number of hydrogen-bond donors (Lipinski definition) is 0. The van der Waals surface area contributed by atoms with Crippen molar-refractivity contribution in [3.63, 3.8) is 0 Å². The summed E-state index contributed by atoms with van der Waals surface area (Å²) in [6.07, 6.45) is 8.79. The number of hydrogen-bond acceptors (Lipinski definition) is 3. The molecule has 0 aliphatic carbocycles. The van der Waals surface area contributed by atoms with Crippen LogP contribution in [0.5, 0.6) is 0 Å². The van der Waals surface area contributed by atoms with Gasteiger partial charge in [0.05, 0.1) is 18.7 Å². The number of rotatable bonds is 3. The highest BCUT2D eigenvalue weighted by Gasteiger charge is 2.29. The summed E-state index contributed by atoms with van der Waals surface area (Å²) in [5.41, 5.74) is 0. The molecule has 0 aromatic carbocycles. The number of furan rings is 1. The molecule has 1 aromatic rings. The molecule has 1 amide bonds. The van der Waals surface area contributed by atoms with Crippen LogP contribution in [0.3, 0.4) is 0 Å². The van der Waals surface area contributed by atoms with Crippen LogP contribution in [-0.2, 0) is 11.3 Å². The average molecular weight is 290 g/mol. The number of amides is 1. The summed E-state index contributed by atoms with van der Waals surface area (Å²) in [7, 11) is 0. The molecule has 2 fully saturated rings. The van der Waals surface area contributed by atoms with Crippen molar-refractivity contribution in [2.24, 2.45) is 5.92 Å². The fourth-order valence-corrected chi connectivity index (χ4v) is 3.57. The van der Waals surface area contributed by atoms with Crippen LogP contribution < -0.4 is 0 Å². The first-order valence-electron chi connectivity index (χ1n) is 8.36. The molecule has 4 nitrogen and oxygen atoms in total. The van der Waals surface area contributed by atoms with Crippen molar-refractivity contribution in [3.8, 4) is 0 Å². The quantitative estimate of drug-likeness (QED) is 0.859. The predicted octanol–water partition coefficient (Wildman–Crippen LogP) is 2.89. The summed E-state index contributed by atoms with van der Waals surface area (Å²) < 4.78 is 5.43. The van der Waals surface area contributed by atoms with Crippen molar-refractivity contribution in [3.05, 3.63) is 24.2 Å². The van der Waals surface area contributed by atoms with E-state index in [1.165, 1.54) is 25.7 Å². The fraction of sp³-hybridized carbons (Fsp3) is 0.706. The van der Waals surface area contributed by atoms with Gasteiger partial charge < -0.3 is 9.32 Å². The van der Waals surface area contributed by atoms with E-state index in [2.05, 4.69) is 9.80 Å². The van der Waals surface area contributed by atoms with Crippen LogP contribution in [0.15, 0.2) is 22.8 Å². The van der Waals surface area contributed by atoms with Gasteiger partial charge in [-0.3, -0.25) is 9.69 Å². The number of nitrogens with zero attached hydrogens (tertiary/aromatic N) is 2. The average Bonchev–Trinajstić information content (AvgIpc) is 2.87. The van der Waals surface area contributed by atoms with Crippen molar-refractivity contribution in [2.45, 2.75) is 45.1 Å². The van der Waals surface area contributed by atoms with Gasteiger partial charge in [0.25, 0.3) is 0 Å². The van der Waals surface area contributed by atoms with Gasteiger partial charge in [0.2, 0.25) is 5.91 Å². The Morgan fingerprint density at radius 3 is 2.67 bits per heavy atom. The number of carbonyl (C=O) groups excluding carboxylic acids is 1. The zero-order valence-electron chi connectivity index (χ0n) is 12.8. The number of likely N-dealkylation sites (tertiary alicyclic amines) is 2. The molecule has 21 heavy (non-hydrogen) atoms. The Bertz CT molecular complexity index is 436. The summed E-state index contributed by atoms with van der Waals surface area (Å²) in [6.45, 7) is 4.72. The second-order valence-corrected chi connectivity index (χ2v) is 6.39. The smallest absolute Gasteiger partial charge is 0.226 e. The molecular weight excluding hydrogens is 264 g/mol. The van der Waals surface area contributed by atoms with E-state index < -0.39 is 0 Å². The van der Waals surface area contributed by atoms with Gasteiger partial charge >= 0.3 is 0 Å². The SMILES string of the molecule is O=C([C@@H]1CCCN(Cc2ccco2)C1)N1CCCCCC1. The molecule has 2 aliphatic rings. The maximum absolute atomic E-state index is 12.7. The topological polar surface area (TPSA) is 36.7 Å². The molecule has 1 aromatic heterocycles. The molecular formula is C17H26N2O2. The van der Waals surface area contributed by atoms with Gasteiger partial charge in [0, 0.05) is 19.6 Å². The van der Waals surface area contributed by atoms with Gasteiger partial charge in [-0.15, -0.1) is 0 Å². The molecule has 3 heterocycles. The van der Waals surface area contributed by atoms with E-state index in [1.807, 2.05) is 12.1 Å². The Labute approximate surface area is 127 Å². The first-order chi connectivity index (χ1) is 10.3. The molecule has 0 saturated carbocycles. The zero-order chi connectivity index (χ0) is 14.5. The maximum atomic E-state index is 12.7. The first kappa shape index (κ1) is 14.6. The van der Waals surface area contributed by atoms with Gasteiger partial charge in [-0.05, 0) is 44.4 Å². The third kappa shape index (κ3) is 3.88. The monoisotopic (exact) mass is 290 g/mol. The Kier molecular flexibility index (Phi) is 4.96. The van der Waals surface area contributed by atoms with E-state index in [4.69, 9.17) is 4.42 Å². The number of carbonyl (C=O) groups is 1. The summed E-state index contributed by atoms with van der Waals surface area (Å²) >= 11 is 0. The lowest BCUT2D eigenvalue weighted by molar-refractivity contribution is -0.137. The highest BCUT2D eigenvalue weighted by atomic mass is 16.3. The maximum Gasteiger partial charge on any atom is 0.226 e. The molecule has 0 unspecified atom stereocenters. The van der Waals surface area contributed by atoms with E-state index in [1.54, 1.807) is 6.26 Å². The second kappa shape index (κ2) is 7.12. The van der Waals surface area contributed by atoms with Crippen LogP contribution in [0, 0.1) is 5.92 Å². The van der Waals surface area contributed by atoms with E-state index in [0.29, 0.717) is 5.91 Å². The minimum atomic E-state index is 0.187. The van der Waals surface area contributed by atoms with E-state index >= 15 is 0 Å². The van der Waals surface area contributed by atoms with Crippen molar-refractivity contribution >= 4 is 5.91 Å².